The molecule has 0 saturated carbocycles. The van der Waals surface area contributed by atoms with E-state index in [1.54, 1.807) is 0 Å². The summed E-state index contributed by atoms with van der Waals surface area (Å²) in [5, 5.41) is 9.55. The van der Waals surface area contributed by atoms with Crippen LogP contribution in [0.25, 0.3) is 0 Å². The molecular formula is C5H6ClN5O. The first kappa shape index (κ1) is 8.66. The summed E-state index contributed by atoms with van der Waals surface area (Å²) in [6, 6.07) is 0. The molecule has 0 radical (unpaired) electrons. The molecule has 0 aliphatic carbocycles. The molecule has 1 aromatic rings. The van der Waals surface area contributed by atoms with Gasteiger partial charge in [0.05, 0.1) is 12.7 Å². The zero-order valence-corrected chi connectivity index (χ0v) is 6.75. The lowest BCUT2D eigenvalue weighted by Gasteiger charge is -1.99. The molecular weight excluding hydrogens is 182 g/mol. The van der Waals surface area contributed by atoms with Crippen LogP contribution in [0.4, 0.5) is 5.82 Å². The SMILES string of the molecule is NC(=O)CNc1cnnc(Cl)n1. The number of primary amides is 1. The molecule has 12 heavy (non-hydrogen) atoms. The number of nitrogens with zero attached hydrogens (tertiary/aromatic N) is 3. The average molecular weight is 188 g/mol. The fourth-order valence-corrected chi connectivity index (χ4v) is 0.679. The van der Waals surface area contributed by atoms with Crippen LogP contribution in [0.15, 0.2) is 6.20 Å². The number of nitrogens with two attached hydrogens (primary N) is 1. The van der Waals surface area contributed by atoms with Crippen LogP contribution in [-0.4, -0.2) is 27.6 Å². The second kappa shape index (κ2) is 3.82. The number of rotatable bonds is 3. The van der Waals surface area contributed by atoms with Crippen molar-refractivity contribution in [2.45, 2.75) is 0 Å². The van der Waals surface area contributed by atoms with Gasteiger partial charge in [0.1, 0.15) is 5.82 Å². The van der Waals surface area contributed by atoms with Gasteiger partial charge in [-0.25, -0.2) is 0 Å². The molecule has 1 aromatic heterocycles. The molecule has 6 nitrogen and oxygen atoms in total. The molecule has 0 saturated heterocycles. The Morgan fingerprint density at radius 2 is 2.50 bits per heavy atom. The van der Waals surface area contributed by atoms with Gasteiger partial charge in [-0.05, 0) is 11.6 Å². The molecule has 1 amide bonds. The highest BCUT2D eigenvalue weighted by atomic mass is 35.5. The van der Waals surface area contributed by atoms with Crippen molar-refractivity contribution in [2.24, 2.45) is 5.73 Å². The summed E-state index contributed by atoms with van der Waals surface area (Å²) < 4.78 is 0. The van der Waals surface area contributed by atoms with Crippen LogP contribution in [0.2, 0.25) is 5.28 Å². The molecule has 64 valence electrons. The minimum atomic E-state index is -0.482. The monoisotopic (exact) mass is 187 g/mol. The largest absolute Gasteiger partial charge is 0.368 e. The van der Waals surface area contributed by atoms with E-state index in [2.05, 4.69) is 20.5 Å². The van der Waals surface area contributed by atoms with Crippen LogP contribution >= 0.6 is 11.6 Å². The molecule has 0 aliphatic heterocycles. The van der Waals surface area contributed by atoms with Crippen LogP contribution < -0.4 is 11.1 Å². The molecule has 0 aromatic carbocycles. The van der Waals surface area contributed by atoms with E-state index in [-0.39, 0.29) is 11.8 Å². The maximum atomic E-state index is 10.3. The fourth-order valence-electron chi connectivity index (χ4n) is 0.545. The summed E-state index contributed by atoms with van der Waals surface area (Å²) in [5.41, 5.74) is 4.88. The van der Waals surface area contributed by atoms with Crippen molar-refractivity contribution in [3.8, 4) is 0 Å². The molecule has 1 rings (SSSR count). The van der Waals surface area contributed by atoms with E-state index >= 15 is 0 Å². The lowest BCUT2D eigenvalue weighted by atomic mass is 10.6. The van der Waals surface area contributed by atoms with Crippen molar-refractivity contribution in [3.63, 3.8) is 0 Å². The Kier molecular flexibility index (Phi) is 2.76. The third kappa shape index (κ3) is 2.67. The average Bonchev–Trinajstić information content (AvgIpc) is 2.01. The Hall–Kier alpha value is -1.43. The predicted octanol–water partition coefficient (Wildman–Crippen LogP) is -0.578. The van der Waals surface area contributed by atoms with E-state index in [4.69, 9.17) is 17.3 Å². The molecule has 0 aliphatic rings. The van der Waals surface area contributed by atoms with Gasteiger partial charge in [-0.15, -0.1) is 5.10 Å². The number of carbonyl (C=O) groups is 1. The van der Waals surface area contributed by atoms with Crippen molar-refractivity contribution in [3.05, 3.63) is 11.5 Å². The second-order valence-electron chi connectivity index (χ2n) is 1.93. The molecule has 7 heteroatoms. The van der Waals surface area contributed by atoms with Gasteiger partial charge in [0, 0.05) is 0 Å². The number of amides is 1. The molecule has 0 unspecified atom stereocenters. The Bertz CT molecular complexity index is 291. The van der Waals surface area contributed by atoms with E-state index in [1.807, 2.05) is 0 Å². The van der Waals surface area contributed by atoms with Gasteiger partial charge in [0.15, 0.2) is 0 Å². The fraction of sp³-hybridized carbons (Fsp3) is 0.200. The van der Waals surface area contributed by atoms with Crippen LogP contribution in [0.3, 0.4) is 0 Å². The summed E-state index contributed by atoms with van der Waals surface area (Å²) in [6.45, 7) is -0.00494. The highest BCUT2D eigenvalue weighted by Gasteiger charge is 1.98. The van der Waals surface area contributed by atoms with Gasteiger partial charge in [-0.1, -0.05) is 0 Å². The third-order valence-corrected chi connectivity index (χ3v) is 1.14. The van der Waals surface area contributed by atoms with Crippen molar-refractivity contribution in [1.82, 2.24) is 15.2 Å². The van der Waals surface area contributed by atoms with Crippen molar-refractivity contribution in [1.29, 1.82) is 0 Å². The zero-order valence-electron chi connectivity index (χ0n) is 5.99. The van der Waals surface area contributed by atoms with Crippen LogP contribution in [0.1, 0.15) is 0 Å². The lowest BCUT2D eigenvalue weighted by Crippen LogP contribution is -2.22. The highest BCUT2D eigenvalue weighted by molar-refractivity contribution is 6.28. The molecule has 0 spiro atoms. The predicted molar refractivity (Wildman–Crippen MR) is 42.5 cm³/mol. The first-order valence-corrected chi connectivity index (χ1v) is 3.43. The smallest absolute Gasteiger partial charge is 0.244 e. The van der Waals surface area contributed by atoms with Gasteiger partial charge >= 0.3 is 0 Å². The van der Waals surface area contributed by atoms with E-state index in [0.29, 0.717) is 5.82 Å². The van der Waals surface area contributed by atoms with Gasteiger partial charge in [-0.3, -0.25) is 4.79 Å². The Labute approximate surface area is 73.1 Å². The quantitative estimate of drug-likeness (QED) is 0.661. The van der Waals surface area contributed by atoms with Gasteiger partial charge in [-0.2, -0.15) is 10.1 Å². The van der Waals surface area contributed by atoms with E-state index in [0.717, 1.165) is 0 Å². The number of anilines is 1. The van der Waals surface area contributed by atoms with Gasteiger partial charge in [0.2, 0.25) is 11.2 Å². The Morgan fingerprint density at radius 3 is 3.08 bits per heavy atom. The Morgan fingerprint density at radius 1 is 1.75 bits per heavy atom. The molecule has 0 atom stereocenters. The van der Waals surface area contributed by atoms with Gasteiger partial charge < -0.3 is 11.1 Å². The first-order valence-electron chi connectivity index (χ1n) is 3.06. The topological polar surface area (TPSA) is 93.8 Å². The van der Waals surface area contributed by atoms with Crippen LogP contribution in [0, 0.1) is 0 Å². The van der Waals surface area contributed by atoms with E-state index in [1.165, 1.54) is 6.20 Å². The minimum Gasteiger partial charge on any atom is -0.368 e. The number of nitrogens with one attached hydrogen (secondary N) is 1. The molecule has 0 fully saturated rings. The highest BCUT2D eigenvalue weighted by Crippen LogP contribution is 2.02. The molecule has 0 bridgehead atoms. The second-order valence-corrected chi connectivity index (χ2v) is 2.27. The number of aromatic nitrogens is 3. The Balaban J connectivity index is 2.57. The summed E-state index contributed by atoms with van der Waals surface area (Å²) in [6.07, 6.45) is 1.34. The summed E-state index contributed by atoms with van der Waals surface area (Å²) in [7, 11) is 0. The summed E-state index contributed by atoms with van der Waals surface area (Å²) in [4.78, 5) is 14.0. The van der Waals surface area contributed by atoms with Crippen molar-refractivity contribution in [2.75, 3.05) is 11.9 Å². The number of halogens is 1. The normalized spacial score (nSPS) is 9.42. The first-order chi connectivity index (χ1) is 5.68. The maximum Gasteiger partial charge on any atom is 0.244 e. The zero-order chi connectivity index (χ0) is 8.97. The van der Waals surface area contributed by atoms with Crippen molar-refractivity contribution < 1.29 is 4.79 Å². The summed E-state index contributed by atoms with van der Waals surface area (Å²) in [5.74, 6) is -0.112. The number of hydrogen-bond donors (Lipinski definition) is 2. The number of carbonyl (C=O) groups excluding carboxylic acids is 1. The minimum absolute atomic E-state index is 0.00494. The maximum absolute atomic E-state index is 10.3. The van der Waals surface area contributed by atoms with E-state index < -0.39 is 5.91 Å². The standard InChI is InChI=1S/C5H6ClN5O/c6-5-10-4(2-9-11-5)8-1-3(7)12/h2H,1H2,(H2,7,12)(H,8,10,11). The number of hydrogen-bond acceptors (Lipinski definition) is 5. The van der Waals surface area contributed by atoms with Crippen molar-refractivity contribution >= 4 is 23.3 Å². The lowest BCUT2D eigenvalue weighted by molar-refractivity contribution is -0.116. The third-order valence-electron chi connectivity index (χ3n) is 0.977. The summed E-state index contributed by atoms with van der Waals surface area (Å²) >= 11 is 5.42. The molecule has 1 heterocycles. The van der Waals surface area contributed by atoms with Crippen LogP contribution in [-0.2, 0) is 4.79 Å². The van der Waals surface area contributed by atoms with Gasteiger partial charge in [0.25, 0.3) is 0 Å². The molecule has 3 N–H and O–H groups in total. The van der Waals surface area contributed by atoms with Crippen LogP contribution in [0.5, 0.6) is 0 Å². The van der Waals surface area contributed by atoms with E-state index in [9.17, 15) is 4.79 Å².